The second kappa shape index (κ2) is 2.98. The van der Waals surface area contributed by atoms with E-state index in [4.69, 9.17) is 5.73 Å². The molecule has 0 aliphatic heterocycles. The van der Waals surface area contributed by atoms with Gasteiger partial charge in [-0.2, -0.15) is 18.3 Å². The van der Waals surface area contributed by atoms with Gasteiger partial charge in [0.1, 0.15) is 0 Å². The third kappa shape index (κ3) is 1.57. The first-order valence-corrected chi connectivity index (χ1v) is 5.10. The Kier molecular flexibility index (Phi) is 1.84. The van der Waals surface area contributed by atoms with E-state index in [1.165, 1.54) is 6.20 Å². The average Bonchev–Trinajstić information content (AvgIpc) is 2.85. The Morgan fingerprint density at radius 3 is 2.59 bits per heavy atom. The summed E-state index contributed by atoms with van der Waals surface area (Å²) in [6.07, 6.45) is 0.459. The van der Waals surface area contributed by atoms with E-state index in [1.54, 1.807) is 0 Å². The topological polar surface area (TPSA) is 56.2 Å². The summed E-state index contributed by atoms with van der Waals surface area (Å²) in [6, 6.07) is 0. The standard InChI is InChI=1S/C10H9F3N4/c11-10(12,13)6-3-15-8-7(9(14)1-2-9)4-16-17(8)5-6/h3-5H,1-2,14H2. The highest BCUT2D eigenvalue weighted by molar-refractivity contribution is 5.52. The molecule has 0 saturated heterocycles. The summed E-state index contributed by atoms with van der Waals surface area (Å²) < 4.78 is 38.5. The van der Waals surface area contributed by atoms with Crippen LogP contribution in [0, 0.1) is 0 Å². The van der Waals surface area contributed by atoms with Gasteiger partial charge in [0.15, 0.2) is 5.65 Å². The van der Waals surface area contributed by atoms with Crippen LogP contribution in [0.3, 0.4) is 0 Å². The summed E-state index contributed by atoms with van der Waals surface area (Å²) >= 11 is 0. The first-order valence-electron chi connectivity index (χ1n) is 5.10. The van der Waals surface area contributed by atoms with Crippen molar-refractivity contribution in [3.05, 3.63) is 29.7 Å². The van der Waals surface area contributed by atoms with E-state index in [9.17, 15) is 13.2 Å². The van der Waals surface area contributed by atoms with Crippen LogP contribution in [0.15, 0.2) is 18.6 Å². The minimum absolute atomic E-state index is 0.401. The monoisotopic (exact) mass is 242 g/mol. The van der Waals surface area contributed by atoms with Gasteiger partial charge in [-0.3, -0.25) is 0 Å². The Morgan fingerprint density at radius 1 is 1.29 bits per heavy atom. The van der Waals surface area contributed by atoms with Crippen LogP contribution in [0.5, 0.6) is 0 Å². The maximum Gasteiger partial charge on any atom is 0.419 e. The lowest BCUT2D eigenvalue weighted by Crippen LogP contribution is -2.18. The number of halogens is 3. The van der Waals surface area contributed by atoms with Crippen LogP contribution >= 0.6 is 0 Å². The molecule has 1 fully saturated rings. The predicted octanol–water partition coefficient (Wildman–Crippen LogP) is 1.70. The van der Waals surface area contributed by atoms with Gasteiger partial charge in [0, 0.05) is 23.5 Å². The molecule has 0 spiro atoms. The van der Waals surface area contributed by atoms with Crippen LogP contribution in [0.4, 0.5) is 13.2 Å². The molecule has 0 atom stereocenters. The molecule has 1 aliphatic carbocycles. The van der Waals surface area contributed by atoms with Gasteiger partial charge in [0.05, 0.1) is 11.8 Å². The first kappa shape index (κ1) is 10.5. The van der Waals surface area contributed by atoms with Crippen molar-refractivity contribution < 1.29 is 13.2 Å². The van der Waals surface area contributed by atoms with Gasteiger partial charge in [-0.25, -0.2) is 9.50 Å². The molecule has 90 valence electrons. The Hall–Kier alpha value is -1.63. The van der Waals surface area contributed by atoms with Crippen LogP contribution in [-0.4, -0.2) is 14.6 Å². The van der Waals surface area contributed by atoms with Gasteiger partial charge >= 0.3 is 6.18 Å². The van der Waals surface area contributed by atoms with E-state index in [2.05, 4.69) is 10.1 Å². The summed E-state index contributed by atoms with van der Waals surface area (Å²) in [5, 5.41) is 3.87. The Bertz CT molecular complexity index is 583. The predicted molar refractivity (Wildman–Crippen MR) is 53.1 cm³/mol. The van der Waals surface area contributed by atoms with E-state index >= 15 is 0 Å². The van der Waals surface area contributed by atoms with Crippen molar-refractivity contribution in [1.82, 2.24) is 14.6 Å². The second-order valence-electron chi connectivity index (χ2n) is 4.32. The molecule has 2 heterocycles. The molecule has 0 radical (unpaired) electrons. The Labute approximate surface area is 94.2 Å². The van der Waals surface area contributed by atoms with Crippen LogP contribution in [0.1, 0.15) is 24.0 Å². The summed E-state index contributed by atoms with van der Waals surface area (Å²) in [5.41, 5.74) is 5.83. The number of nitrogens with zero attached hydrogens (tertiary/aromatic N) is 3. The van der Waals surface area contributed by atoms with Crippen molar-refractivity contribution >= 4 is 5.65 Å². The highest BCUT2D eigenvalue weighted by atomic mass is 19.4. The first-order chi connectivity index (χ1) is 7.90. The fraction of sp³-hybridized carbons (Fsp3) is 0.400. The molecule has 0 unspecified atom stereocenters. The quantitative estimate of drug-likeness (QED) is 0.828. The van der Waals surface area contributed by atoms with Gasteiger partial charge in [-0.05, 0) is 12.8 Å². The zero-order valence-electron chi connectivity index (χ0n) is 8.70. The lowest BCUT2D eigenvalue weighted by atomic mass is 10.1. The van der Waals surface area contributed by atoms with E-state index in [0.717, 1.165) is 29.8 Å². The molecule has 1 aliphatic rings. The van der Waals surface area contributed by atoms with Gasteiger partial charge in [-0.15, -0.1) is 0 Å². The minimum atomic E-state index is -4.41. The largest absolute Gasteiger partial charge is 0.419 e. The number of hydrogen-bond acceptors (Lipinski definition) is 3. The van der Waals surface area contributed by atoms with E-state index in [-0.39, 0.29) is 0 Å². The van der Waals surface area contributed by atoms with Crippen molar-refractivity contribution in [2.45, 2.75) is 24.6 Å². The maximum absolute atomic E-state index is 12.5. The maximum atomic E-state index is 12.5. The molecule has 0 aromatic carbocycles. The summed E-state index contributed by atoms with van der Waals surface area (Å²) in [7, 11) is 0. The molecular formula is C10H9F3N4. The highest BCUT2D eigenvalue weighted by Gasteiger charge is 2.43. The molecule has 7 heteroatoms. The minimum Gasteiger partial charge on any atom is -0.321 e. The molecule has 2 aromatic rings. The number of hydrogen-bond donors (Lipinski definition) is 1. The third-order valence-electron chi connectivity index (χ3n) is 3.01. The van der Waals surface area contributed by atoms with Crippen LogP contribution in [-0.2, 0) is 11.7 Å². The number of alkyl halides is 3. The molecule has 0 amide bonds. The van der Waals surface area contributed by atoms with Crippen LogP contribution in [0.2, 0.25) is 0 Å². The van der Waals surface area contributed by atoms with E-state index in [0.29, 0.717) is 11.2 Å². The van der Waals surface area contributed by atoms with Crippen molar-refractivity contribution in [3.63, 3.8) is 0 Å². The van der Waals surface area contributed by atoms with Crippen molar-refractivity contribution in [3.8, 4) is 0 Å². The van der Waals surface area contributed by atoms with Crippen molar-refractivity contribution in [2.75, 3.05) is 0 Å². The average molecular weight is 242 g/mol. The summed E-state index contributed by atoms with van der Waals surface area (Å²) in [5.74, 6) is 0. The number of aromatic nitrogens is 3. The molecular weight excluding hydrogens is 233 g/mol. The lowest BCUT2D eigenvalue weighted by molar-refractivity contribution is -0.138. The zero-order chi connectivity index (χ0) is 12.3. The molecule has 1 saturated carbocycles. The Morgan fingerprint density at radius 2 is 2.00 bits per heavy atom. The van der Waals surface area contributed by atoms with Gasteiger partial charge < -0.3 is 5.73 Å². The number of fused-ring (bicyclic) bond motifs is 1. The van der Waals surface area contributed by atoms with Gasteiger partial charge in [0.2, 0.25) is 0 Å². The number of nitrogens with two attached hydrogens (primary N) is 1. The zero-order valence-corrected chi connectivity index (χ0v) is 8.70. The number of rotatable bonds is 1. The van der Waals surface area contributed by atoms with Gasteiger partial charge in [-0.1, -0.05) is 0 Å². The summed E-state index contributed by atoms with van der Waals surface area (Å²) in [4.78, 5) is 3.81. The van der Waals surface area contributed by atoms with Crippen molar-refractivity contribution in [2.24, 2.45) is 5.73 Å². The highest BCUT2D eigenvalue weighted by Crippen LogP contribution is 2.44. The molecule has 17 heavy (non-hydrogen) atoms. The van der Waals surface area contributed by atoms with Crippen LogP contribution in [0.25, 0.3) is 5.65 Å². The molecule has 2 aromatic heterocycles. The van der Waals surface area contributed by atoms with Crippen molar-refractivity contribution in [1.29, 1.82) is 0 Å². The molecule has 4 nitrogen and oxygen atoms in total. The molecule has 3 rings (SSSR count). The smallest absolute Gasteiger partial charge is 0.321 e. The van der Waals surface area contributed by atoms with Crippen LogP contribution < -0.4 is 5.73 Å². The Balaban J connectivity index is 2.14. The summed E-state index contributed by atoms with van der Waals surface area (Å²) in [6.45, 7) is 0. The fourth-order valence-electron chi connectivity index (χ4n) is 1.78. The fourth-order valence-corrected chi connectivity index (χ4v) is 1.78. The molecule has 0 bridgehead atoms. The van der Waals surface area contributed by atoms with E-state index < -0.39 is 17.3 Å². The SMILES string of the molecule is NC1(c2cnn3cc(C(F)(F)F)cnc23)CC1. The third-order valence-corrected chi connectivity index (χ3v) is 3.01. The molecule has 2 N–H and O–H groups in total. The lowest BCUT2D eigenvalue weighted by Gasteiger charge is -2.08. The van der Waals surface area contributed by atoms with Gasteiger partial charge in [0.25, 0.3) is 0 Å². The van der Waals surface area contributed by atoms with E-state index in [1.807, 2.05) is 0 Å². The normalized spacial score (nSPS) is 18.6. The second-order valence-corrected chi connectivity index (χ2v) is 4.32.